The fraction of sp³-hybridized carbons (Fsp3) is 0.381. The number of nitrogens with zero attached hydrogens (tertiary/aromatic N) is 2. The molecule has 1 aromatic heterocycles. The number of aromatic nitrogens is 2. The summed E-state index contributed by atoms with van der Waals surface area (Å²) < 4.78 is 7.98. The van der Waals surface area contributed by atoms with Gasteiger partial charge in [-0.2, -0.15) is 0 Å². The van der Waals surface area contributed by atoms with E-state index < -0.39 is 0 Å². The van der Waals surface area contributed by atoms with Gasteiger partial charge in [0.2, 0.25) is 0 Å². The molecule has 138 valence electrons. The third-order valence-corrected chi connectivity index (χ3v) is 5.39. The molecule has 1 heterocycles. The highest BCUT2D eigenvalue weighted by atomic mass is 35.5. The van der Waals surface area contributed by atoms with Crippen LogP contribution in [0.4, 0.5) is 0 Å². The molecule has 0 bridgehead atoms. The standard InChI is InChI=1S/C21H25ClN2O2/c1-13-10-18-19(11-14(13)2)24(20(12-25)23-18)6-5-7-26-17-8-15(3)21(22)16(4)9-17/h8-11,25H,5-7,12H2,1-4H3. The number of hydrogen-bond donors (Lipinski definition) is 1. The van der Waals surface area contributed by atoms with Crippen LogP contribution in [-0.2, 0) is 13.2 Å². The zero-order valence-corrected chi connectivity index (χ0v) is 16.5. The maximum absolute atomic E-state index is 9.65. The molecule has 2 aromatic carbocycles. The van der Waals surface area contributed by atoms with E-state index in [-0.39, 0.29) is 6.61 Å². The quantitative estimate of drug-likeness (QED) is 0.627. The molecule has 0 spiro atoms. The summed E-state index contributed by atoms with van der Waals surface area (Å²) in [6, 6.07) is 8.15. The maximum atomic E-state index is 9.65. The highest BCUT2D eigenvalue weighted by molar-refractivity contribution is 6.32. The van der Waals surface area contributed by atoms with Crippen molar-refractivity contribution in [3.05, 3.63) is 57.4 Å². The van der Waals surface area contributed by atoms with Crippen LogP contribution in [0, 0.1) is 27.7 Å². The van der Waals surface area contributed by atoms with E-state index in [2.05, 4.69) is 35.5 Å². The number of fused-ring (bicyclic) bond motifs is 1. The number of aliphatic hydroxyl groups is 1. The van der Waals surface area contributed by atoms with E-state index in [0.717, 1.165) is 45.9 Å². The molecule has 0 amide bonds. The third kappa shape index (κ3) is 3.71. The average Bonchev–Trinajstić information content (AvgIpc) is 2.93. The molecule has 4 nitrogen and oxygen atoms in total. The lowest BCUT2D eigenvalue weighted by Gasteiger charge is -2.12. The van der Waals surface area contributed by atoms with Gasteiger partial charge in [0.25, 0.3) is 0 Å². The molecule has 0 aliphatic heterocycles. The Balaban J connectivity index is 1.71. The van der Waals surface area contributed by atoms with Crippen LogP contribution in [0.1, 0.15) is 34.5 Å². The molecular weight excluding hydrogens is 348 g/mol. The van der Waals surface area contributed by atoms with Gasteiger partial charge >= 0.3 is 0 Å². The zero-order valence-electron chi connectivity index (χ0n) is 15.8. The molecule has 0 radical (unpaired) electrons. The van der Waals surface area contributed by atoms with E-state index >= 15 is 0 Å². The SMILES string of the molecule is Cc1cc2nc(CO)n(CCCOc3cc(C)c(Cl)c(C)c3)c2cc1C. The summed E-state index contributed by atoms with van der Waals surface area (Å²) in [4.78, 5) is 4.56. The van der Waals surface area contributed by atoms with E-state index in [4.69, 9.17) is 16.3 Å². The molecule has 0 atom stereocenters. The van der Waals surface area contributed by atoms with E-state index in [0.29, 0.717) is 12.4 Å². The van der Waals surface area contributed by atoms with Crippen LogP contribution < -0.4 is 4.74 Å². The van der Waals surface area contributed by atoms with Crippen LogP contribution >= 0.6 is 11.6 Å². The molecule has 0 saturated carbocycles. The van der Waals surface area contributed by atoms with Crippen molar-refractivity contribution in [3.63, 3.8) is 0 Å². The molecule has 0 unspecified atom stereocenters. The first kappa shape index (κ1) is 18.7. The van der Waals surface area contributed by atoms with Gasteiger partial charge in [0, 0.05) is 11.6 Å². The Labute approximate surface area is 159 Å². The van der Waals surface area contributed by atoms with Gasteiger partial charge in [-0.05, 0) is 80.6 Å². The number of hydrogen-bond acceptors (Lipinski definition) is 3. The van der Waals surface area contributed by atoms with E-state index in [9.17, 15) is 5.11 Å². The minimum absolute atomic E-state index is 0.0663. The van der Waals surface area contributed by atoms with E-state index in [1.54, 1.807) is 0 Å². The van der Waals surface area contributed by atoms with Gasteiger partial charge in [0.15, 0.2) is 0 Å². The highest BCUT2D eigenvalue weighted by Gasteiger charge is 2.11. The minimum Gasteiger partial charge on any atom is -0.494 e. The molecule has 5 heteroatoms. The smallest absolute Gasteiger partial charge is 0.135 e. The number of imidazole rings is 1. The topological polar surface area (TPSA) is 47.3 Å². The predicted molar refractivity (Wildman–Crippen MR) is 106 cm³/mol. The van der Waals surface area contributed by atoms with E-state index in [1.807, 2.05) is 26.0 Å². The summed E-state index contributed by atoms with van der Waals surface area (Å²) in [5.74, 6) is 1.54. The van der Waals surface area contributed by atoms with Crippen molar-refractivity contribution >= 4 is 22.6 Å². The van der Waals surface area contributed by atoms with Crippen LogP contribution in [0.3, 0.4) is 0 Å². The van der Waals surface area contributed by atoms with Gasteiger partial charge < -0.3 is 14.4 Å². The maximum Gasteiger partial charge on any atom is 0.135 e. The van der Waals surface area contributed by atoms with Crippen LogP contribution in [0.15, 0.2) is 24.3 Å². The second-order valence-corrected chi connectivity index (χ2v) is 7.21. The number of ether oxygens (including phenoxy) is 1. The first-order valence-electron chi connectivity index (χ1n) is 8.87. The Morgan fingerprint density at radius 2 is 1.65 bits per heavy atom. The summed E-state index contributed by atoms with van der Waals surface area (Å²) in [6.45, 7) is 9.42. The monoisotopic (exact) mass is 372 g/mol. The van der Waals surface area contributed by atoms with Crippen molar-refractivity contribution in [1.29, 1.82) is 0 Å². The second kappa shape index (κ2) is 7.68. The van der Waals surface area contributed by atoms with Crippen LogP contribution in [0.2, 0.25) is 5.02 Å². The van der Waals surface area contributed by atoms with Gasteiger partial charge in [-0.15, -0.1) is 0 Å². The molecular formula is C21H25ClN2O2. The number of benzene rings is 2. The van der Waals surface area contributed by atoms with Gasteiger partial charge in [-0.1, -0.05) is 11.6 Å². The van der Waals surface area contributed by atoms with Crippen LogP contribution in [0.25, 0.3) is 11.0 Å². The molecule has 0 aliphatic carbocycles. The summed E-state index contributed by atoms with van der Waals surface area (Å²) in [5, 5.41) is 10.4. The summed E-state index contributed by atoms with van der Waals surface area (Å²) in [6.07, 6.45) is 0.826. The number of rotatable bonds is 6. The Hall–Kier alpha value is -2.04. The van der Waals surface area contributed by atoms with Gasteiger partial charge in [0.05, 0.1) is 17.6 Å². The van der Waals surface area contributed by atoms with Crippen molar-refractivity contribution in [3.8, 4) is 5.75 Å². The predicted octanol–water partition coefficient (Wildman–Crippen LogP) is 4.88. The fourth-order valence-electron chi connectivity index (χ4n) is 3.20. The summed E-state index contributed by atoms with van der Waals surface area (Å²) in [5.41, 5.74) is 6.48. The Bertz CT molecular complexity index is 924. The van der Waals surface area contributed by atoms with Crippen molar-refractivity contribution < 1.29 is 9.84 Å². The number of halogens is 1. The van der Waals surface area contributed by atoms with Crippen molar-refractivity contribution in [2.45, 2.75) is 47.3 Å². The van der Waals surface area contributed by atoms with Gasteiger partial charge in [-0.3, -0.25) is 0 Å². The van der Waals surface area contributed by atoms with Crippen LogP contribution in [-0.4, -0.2) is 21.3 Å². The van der Waals surface area contributed by atoms with Crippen molar-refractivity contribution in [2.75, 3.05) is 6.61 Å². The van der Waals surface area contributed by atoms with Crippen LogP contribution in [0.5, 0.6) is 5.75 Å². The van der Waals surface area contributed by atoms with E-state index in [1.165, 1.54) is 11.1 Å². The molecule has 26 heavy (non-hydrogen) atoms. The largest absolute Gasteiger partial charge is 0.494 e. The average molecular weight is 373 g/mol. The lowest BCUT2D eigenvalue weighted by molar-refractivity contribution is 0.261. The Morgan fingerprint density at radius 1 is 1.00 bits per heavy atom. The van der Waals surface area contributed by atoms with Crippen molar-refractivity contribution in [1.82, 2.24) is 9.55 Å². The number of aliphatic hydroxyl groups excluding tert-OH is 1. The molecule has 0 saturated heterocycles. The number of aryl methyl sites for hydroxylation is 5. The first-order valence-corrected chi connectivity index (χ1v) is 9.25. The molecule has 0 aliphatic rings. The second-order valence-electron chi connectivity index (χ2n) is 6.84. The minimum atomic E-state index is -0.0663. The third-order valence-electron chi connectivity index (χ3n) is 4.79. The fourth-order valence-corrected chi connectivity index (χ4v) is 3.31. The lowest BCUT2D eigenvalue weighted by atomic mass is 10.1. The highest BCUT2D eigenvalue weighted by Crippen LogP contribution is 2.26. The Kier molecular flexibility index (Phi) is 5.54. The molecule has 3 aromatic rings. The Morgan fingerprint density at radius 3 is 2.31 bits per heavy atom. The molecule has 3 rings (SSSR count). The molecule has 1 N–H and O–H groups in total. The normalized spacial score (nSPS) is 11.3. The molecule has 0 fully saturated rings. The first-order chi connectivity index (χ1) is 12.4. The summed E-state index contributed by atoms with van der Waals surface area (Å²) >= 11 is 6.20. The van der Waals surface area contributed by atoms with Crippen molar-refractivity contribution in [2.24, 2.45) is 0 Å². The van der Waals surface area contributed by atoms with Gasteiger partial charge in [-0.25, -0.2) is 4.98 Å². The zero-order chi connectivity index (χ0) is 18.8. The lowest BCUT2D eigenvalue weighted by Crippen LogP contribution is -2.08. The van der Waals surface area contributed by atoms with Gasteiger partial charge in [0.1, 0.15) is 18.2 Å². The summed E-state index contributed by atoms with van der Waals surface area (Å²) in [7, 11) is 0.